The molecule has 0 fully saturated rings. The largest absolute Gasteiger partial charge is 0.465 e. The van der Waals surface area contributed by atoms with E-state index in [0.717, 1.165) is 11.1 Å². The lowest BCUT2D eigenvalue weighted by Crippen LogP contribution is -2.27. The van der Waals surface area contributed by atoms with E-state index in [1.807, 2.05) is 36.2 Å². The van der Waals surface area contributed by atoms with E-state index in [4.69, 9.17) is 22.7 Å². The maximum atomic E-state index is 11.3. The minimum atomic E-state index is -0.217. The minimum absolute atomic E-state index is 0.217. The molecule has 0 unspecified atom stereocenters. The number of nitrogens with zero attached hydrogens (tertiary/aromatic N) is 1. The fourth-order valence-electron chi connectivity index (χ4n) is 1.62. The summed E-state index contributed by atoms with van der Waals surface area (Å²) in [7, 11) is 1.87. The lowest BCUT2D eigenvalue weighted by atomic mass is 10.1. The van der Waals surface area contributed by atoms with Gasteiger partial charge in [-0.1, -0.05) is 30.4 Å². The van der Waals surface area contributed by atoms with Crippen LogP contribution in [-0.4, -0.2) is 36.1 Å². The number of thiocarbonyl (C=S) groups is 1. The number of rotatable bonds is 6. The third-order valence-electron chi connectivity index (χ3n) is 2.37. The number of esters is 1. The summed E-state index contributed by atoms with van der Waals surface area (Å²) in [6.07, 6.45) is 0. The first kappa shape index (κ1) is 14.6. The average molecular weight is 266 g/mol. The van der Waals surface area contributed by atoms with E-state index in [9.17, 15) is 4.79 Å². The van der Waals surface area contributed by atoms with Crippen molar-refractivity contribution in [1.82, 2.24) is 4.90 Å². The summed E-state index contributed by atoms with van der Waals surface area (Å²) in [6, 6.07) is 7.69. The maximum absolute atomic E-state index is 11.3. The van der Waals surface area contributed by atoms with Crippen molar-refractivity contribution in [3.05, 3.63) is 35.4 Å². The topological polar surface area (TPSA) is 55.6 Å². The number of hydrogen-bond acceptors (Lipinski definition) is 4. The molecule has 98 valence electrons. The Morgan fingerprint density at radius 3 is 2.83 bits per heavy atom. The second-order valence-corrected chi connectivity index (χ2v) is 4.48. The predicted molar refractivity (Wildman–Crippen MR) is 75.3 cm³/mol. The molecule has 4 nitrogen and oxygen atoms in total. The van der Waals surface area contributed by atoms with Gasteiger partial charge in [0.25, 0.3) is 0 Å². The zero-order valence-electron chi connectivity index (χ0n) is 10.7. The van der Waals surface area contributed by atoms with Gasteiger partial charge in [0.05, 0.1) is 13.2 Å². The van der Waals surface area contributed by atoms with Crippen molar-refractivity contribution in [1.29, 1.82) is 0 Å². The maximum Gasteiger partial charge on any atom is 0.320 e. The second kappa shape index (κ2) is 7.08. The molecule has 1 aromatic carbocycles. The Balaban J connectivity index is 2.58. The SMILES string of the molecule is CCOC(=O)CN(C)Cc1cccc(C(N)=S)c1. The van der Waals surface area contributed by atoms with Crippen molar-refractivity contribution in [2.45, 2.75) is 13.5 Å². The minimum Gasteiger partial charge on any atom is -0.465 e. The van der Waals surface area contributed by atoms with Gasteiger partial charge in [-0.05, 0) is 25.6 Å². The van der Waals surface area contributed by atoms with Gasteiger partial charge >= 0.3 is 5.97 Å². The van der Waals surface area contributed by atoms with Crippen molar-refractivity contribution < 1.29 is 9.53 Å². The molecule has 0 saturated heterocycles. The molecule has 0 heterocycles. The summed E-state index contributed by atoms with van der Waals surface area (Å²) in [4.78, 5) is 13.6. The molecule has 5 heteroatoms. The molecule has 0 radical (unpaired) electrons. The first-order valence-corrected chi connectivity index (χ1v) is 6.16. The molecule has 1 aromatic rings. The molecule has 0 saturated carbocycles. The van der Waals surface area contributed by atoms with Gasteiger partial charge in [0, 0.05) is 12.1 Å². The normalized spacial score (nSPS) is 10.4. The summed E-state index contributed by atoms with van der Waals surface area (Å²) >= 11 is 4.93. The molecule has 0 spiro atoms. The standard InChI is InChI=1S/C13H18N2O2S/c1-3-17-12(16)9-15(2)8-10-5-4-6-11(7-10)13(14)18/h4-7H,3,8-9H2,1-2H3,(H2,14,18). The molecule has 0 aliphatic heterocycles. The third kappa shape index (κ3) is 4.81. The number of hydrogen-bond donors (Lipinski definition) is 1. The van der Waals surface area contributed by atoms with Crippen molar-refractivity contribution in [2.75, 3.05) is 20.2 Å². The summed E-state index contributed by atoms with van der Waals surface area (Å²) in [5, 5.41) is 0. The van der Waals surface area contributed by atoms with E-state index in [0.29, 0.717) is 18.1 Å². The first-order valence-electron chi connectivity index (χ1n) is 5.75. The number of nitrogens with two attached hydrogens (primary N) is 1. The zero-order valence-corrected chi connectivity index (χ0v) is 11.5. The summed E-state index contributed by atoms with van der Waals surface area (Å²) < 4.78 is 4.89. The Labute approximate surface area is 113 Å². The highest BCUT2D eigenvalue weighted by Crippen LogP contribution is 2.07. The Morgan fingerprint density at radius 1 is 1.50 bits per heavy atom. The number of carbonyl (C=O) groups excluding carboxylic acids is 1. The van der Waals surface area contributed by atoms with Gasteiger partial charge in [-0.2, -0.15) is 0 Å². The van der Waals surface area contributed by atoms with Crippen LogP contribution in [0.15, 0.2) is 24.3 Å². The molecule has 18 heavy (non-hydrogen) atoms. The lowest BCUT2D eigenvalue weighted by molar-refractivity contribution is -0.144. The van der Waals surface area contributed by atoms with Crippen molar-refractivity contribution in [2.24, 2.45) is 5.73 Å². The molecule has 1 rings (SSSR count). The highest BCUT2D eigenvalue weighted by molar-refractivity contribution is 7.80. The van der Waals surface area contributed by atoms with E-state index in [-0.39, 0.29) is 12.5 Å². The van der Waals surface area contributed by atoms with E-state index in [1.165, 1.54) is 0 Å². The quantitative estimate of drug-likeness (QED) is 0.621. The monoisotopic (exact) mass is 266 g/mol. The molecule has 0 atom stereocenters. The van der Waals surface area contributed by atoms with Gasteiger partial charge in [0.1, 0.15) is 4.99 Å². The Bertz CT molecular complexity index is 435. The van der Waals surface area contributed by atoms with Gasteiger partial charge in [0.15, 0.2) is 0 Å². The van der Waals surface area contributed by atoms with Crippen LogP contribution in [0.5, 0.6) is 0 Å². The summed E-state index contributed by atoms with van der Waals surface area (Å²) in [6.45, 7) is 3.12. The Hall–Kier alpha value is -1.46. The molecule has 0 amide bonds. The molecule has 0 aliphatic carbocycles. The number of benzene rings is 1. The fourth-order valence-corrected chi connectivity index (χ4v) is 1.74. The molecule has 0 aliphatic rings. The molecular formula is C13H18N2O2S. The highest BCUT2D eigenvalue weighted by atomic mass is 32.1. The average Bonchev–Trinajstić information content (AvgIpc) is 2.29. The summed E-state index contributed by atoms with van der Waals surface area (Å²) in [5.41, 5.74) is 7.48. The van der Waals surface area contributed by atoms with Gasteiger partial charge in [0.2, 0.25) is 0 Å². The molecular weight excluding hydrogens is 248 g/mol. The van der Waals surface area contributed by atoms with E-state index < -0.39 is 0 Å². The van der Waals surface area contributed by atoms with Crippen molar-refractivity contribution in [3.8, 4) is 0 Å². The number of likely N-dealkylation sites (N-methyl/N-ethyl adjacent to an activating group) is 1. The van der Waals surface area contributed by atoms with Crippen LogP contribution in [0.25, 0.3) is 0 Å². The van der Waals surface area contributed by atoms with Crippen molar-refractivity contribution in [3.63, 3.8) is 0 Å². The third-order valence-corrected chi connectivity index (χ3v) is 2.60. The van der Waals surface area contributed by atoms with Crippen LogP contribution in [0.3, 0.4) is 0 Å². The van der Waals surface area contributed by atoms with Gasteiger partial charge in [-0.3, -0.25) is 9.69 Å². The van der Waals surface area contributed by atoms with Crippen LogP contribution in [0, 0.1) is 0 Å². The van der Waals surface area contributed by atoms with Gasteiger partial charge in [-0.15, -0.1) is 0 Å². The molecule has 0 aromatic heterocycles. The Morgan fingerprint density at radius 2 is 2.22 bits per heavy atom. The van der Waals surface area contributed by atoms with Crippen LogP contribution in [0.2, 0.25) is 0 Å². The first-order chi connectivity index (χ1) is 8.52. The van der Waals surface area contributed by atoms with Gasteiger partial charge in [-0.25, -0.2) is 0 Å². The van der Waals surface area contributed by atoms with Crippen LogP contribution in [0.4, 0.5) is 0 Å². The second-order valence-electron chi connectivity index (χ2n) is 4.04. The Kier molecular flexibility index (Phi) is 5.74. The van der Waals surface area contributed by atoms with E-state index >= 15 is 0 Å². The van der Waals surface area contributed by atoms with E-state index in [1.54, 1.807) is 6.92 Å². The highest BCUT2D eigenvalue weighted by Gasteiger charge is 2.08. The van der Waals surface area contributed by atoms with Crippen molar-refractivity contribution >= 4 is 23.2 Å². The zero-order chi connectivity index (χ0) is 13.5. The van der Waals surface area contributed by atoms with E-state index in [2.05, 4.69) is 0 Å². The number of carbonyl (C=O) groups is 1. The fraction of sp³-hybridized carbons (Fsp3) is 0.385. The van der Waals surface area contributed by atoms with Gasteiger partial charge < -0.3 is 10.5 Å². The summed E-state index contributed by atoms with van der Waals surface area (Å²) in [5.74, 6) is -0.217. The molecule has 0 bridgehead atoms. The van der Waals surface area contributed by atoms with Crippen LogP contribution in [0.1, 0.15) is 18.1 Å². The number of ether oxygens (including phenoxy) is 1. The lowest BCUT2D eigenvalue weighted by Gasteiger charge is -2.16. The van der Waals surface area contributed by atoms with Crippen LogP contribution < -0.4 is 5.73 Å². The predicted octanol–water partition coefficient (Wildman–Crippen LogP) is 1.32. The van der Waals surface area contributed by atoms with Crippen LogP contribution in [-0.2, 0) is 16.1 Å². The van der Waals surface area contributed by atoms with Crippen LogP contribution >= 0.6 is 12.2 Å². The molecule has 2 N–H and O–H groups in total. The smallest absolute Gasteiger partial charge is 0.320 e.